The molecule has 2 atom stereocenters. The van der Waals surface area contributed by atoms with Crippen molar-refractivity contribution in [2.24, 2.45) is 11.8 Å². The number of amides is 1. The highest BCUT2D eigenvalue weighted by atomic mass is 79.9. The summed E-state index contributed by atoms with van der Waals surface area (Å²) in [6, 6.07) is 6.01. The second-order valence-electron chi connectivity index (χ2n) is 5.95. The first-order valence-corrected chi connectivity index (χ1v) is 8.78. The molecule has 1 aromatic heterocycles. The molecule has 3 rings (SSSR count). The average Bonchev–Trinajstić information content (AvgIpc) is 3.12. The minimum absolute atomic E-state index is 0.00868. The Bertz CT molecular complexity index is 740. The minimum atomic E-state index is -2.86. The van der Waals surface area contributed by atoms with Gasteiger partial charge in [-0.1, -0.05) is 31.2 Å². The Kier molecular flexibility index (Phi) is 4.27. The topological polar surface area (TPSA) is 42.0 Å². The molecule has 7 heteroatoms. The second kappa shape index (κ2) is 5.94. The van der Waals surface area contributed by atoms with Gasteiger partial charge in [0, 0.05) is 24.0 Å². The fraction of sp³-hybridized carbons (Fsp3) is 0.375. The molecule has 2 aromatic rings. The van der Waals surface area contributed by atoms with Gasteiger partial charge in [-0.25, -0.2) is 8.78 Å². The molecule has 1 saturated carbocycles. The van der Waals surface area contributed by atoms with Crippen molar-refractivity contribution in [2.75, 3.05) is 5.32 Å². The lowest BCUT2D eigenvalue weighted by Gasteiger charge is -2.10. The zero-order valence-electron chi connectivity index (χ0n) is 12.6. The number of alkyl halides is 2. The summed E-state index contributed by atoms with van der Waals surface area (Å²) in [4.78, 5) is 12.0. The summed E-state index contributed by atoms with van der Waals surface area (Å²) < 4.78 is 31.5. The number of halogens is 3. The number of rotatable bonds is 4. The van der Waals surface area contributed by atoms with Gasteiger partial charge in [0.15, 0.2) is 0 Å². The molecule has 0 spiro atoms. The lowest BCUT2D eigenvalue weighted by atomic mass is 10.1. The van der Waals surface area contributed by atoms with E-state index in [1.807, 2.05) is 6.92 Å². The summed E-state index contributed by atoms with van der Waals surface area (Å²) in [5, 5.41) is 3.53. The van der Waals surface area contributed by atoms with Crippen LogP contribution in [0.3, 0.4) is 0 Å². The van der Waals surface area contributed by atoms with Crippen LogP contribution in [0, 0.1) is 11.8 Å². The van der Waals surface area contributed by atoms with Crippen LogP contribution < -0.4 is 5.32 Å². The molecule has 1 fully saturated rings. The number of hydrogen-bond acceptors (Lipinski definition) is 3. The summed E-state index contributed by atoms with van der Waals surface area (Å²) in [6.45, 7) is 2.91. The van der Waals surface area contributed by atoms with E-state index in [0.717, 1.165) is 18.9 Å². The molecule has 1 amide bonds. The number of benzene rings is 1. The maximum atomic E-state index is 13.3. The first-order chi connectivity index (χ1) is 10.8. The molecule has 0 radical (unpaired) electrons. The van der Waals surface area contributed by atoms with Crippen molar-refractivity contribution in [1.82, 2.24) is 4.37 Å². The maximum Gasteiger partial charge on any atom is 0.270 e. The Labute approximate surface area is 145 Å². The van der Waals surface area contributed by atoms with Gasteiger partial charge in [0.05, 0.1) is 4.47 Å². The van der Waals surface area contributed by atoms with Crippen LogP contribution >= 0.6 is 27.5 Å². The Morgan fingerprint density at radius 2 is 2.00 bits per heavy atom. The van der Waals surface area contributed by atoms with E-state index < -0.39 is 5.92 Å². The van der Waals surface area contributed by atoms with E-state index in [2.05, 4.69) is 25.6 Å². The highest BCUT2D eigenvalue weighted by molar-refractivity contribution is 9.10. The third-order valence-corrected chi connectivity index (χ3v) is 5.78. The summed E-state index contributed by atoms with van der Waals surface area (Å²) in [5.41, 5.74) is 1.32. The van der Waals surface area contributed by atoms with Crippen LogP contribution in [0.15, 0.2) is 28.7 Å². The van der Waals surface area contributed by atoms with Gasteiger partial charge in [-0.3, -0.25) is 4.79 Å². The van der Waals surface area contributed by atoms with Crippen molar-refractivity contribution in [3.8, 4) is 11.3 Å². The van der Waals surface area contributed by atoms with Gasteiger partial charge in [0.25, 0.3) is 5.92 Å². The minimum Gasteiger partial charge on any atom is -0.315 e. The lowest BCUT2D eigenvalue weighted by Crippen LogP contribution is -2.13. The van der Waals surface area contributed by atoms with Crippen molar-refractivity contribution in [3.63, 3.8) is 0 Å². The molecule has 122 valence electrons. The van der Waals surface area contributed by atoms with Gasteiger partial charge in [-0.2, -0.15) is 4.37 Å². The molecule has 2 unspecified atom stereocenters. The van der Waals surface area contributed by atoms with Crippen LogP contribution in [0.1, 0.15) is 25.8 Å². The largest absolute Gasteiger partial charge is 0.315 e. The molecule has 1 heterocycles. The van der Waals surface area contributed by atoms with E-state index >= 15 is 0 Å². The van der Waals surface area contributed by atoms with E-state index in [0.29, 0.717) is 21.1 Å². The predicted molar refractivity (Wildman–Crippen MR) is 90.7 cm³/mol. The molecule has 0 saturated heterocycles. The smallest absolute Gasteiger partial charge is 0.270 e. The van der Waals surface area contributed by atoms with E-state index in [-0.39, 0.29) is 17.4 Å². The van der Waals surface area contributed by atoms with Crippen LogP contribution in [-0.4, -0.2) is 10.3 Å². The standard InChI is InChI=1S/C16H15BrF2N2OS/c1-8-7-11(8)14(22)20-15-12(17)13(21-23-15)9-3-5-10(6-4-9)16(2,18)19/h3-6,8,11H,7H2,1-2H3,(H,20,22). The van der Waals surface area contributed by atoms with Gasteiger partial charge >= 0.3 is 0 Å². The van der Waals surface area contributed by atoms with E-state index in [9.17, 15) is 13.6 Å². The van der Waals surface area contributed by atoms with Gasteiger partial charge in [-0.15, -0.1) is 0 Å². The molecule has 23 heavy (non-hydrogen) atoms. The van der Waals surface area contributed by atoms with Gasteiger partial charge < -0.3 is 5.32 Å². The van der Waals surface area contributed by atoms with Crippen molar-refractivity contribution in [3.05, 3.63) is 34.3 Å². The van der Waals surface area contributed by atoms with E-state index in [1.54, 1.807) is 12.1 Å². The first kappa shape index (κ1) is 16.5. The fourth-order valence-electron chi connectivity index (χ4n) is 2.35. The summed E-state index contributed by atoms with van der Waals surface area (Å²) in [7, 11) is 0. The molecule has 0 bridgehead atoms. The number of carbonyl (C=O) groups is 1. The highest BCUT2D eigenvalue weighted by Crippen LogP contribution is 2.41. The molecule has 3 nitrogen and oxygen atoms in total. The summed E-state index contributed by atoms with van der Waals surface area (Å²) in [5.74, 6) is -2.34. The Morgan fingerprint density at radius 3 is 2.52 bits per heavy atom. The number of carbonyl (C=O) groups excluding carboxylic acids is 1. The van der Waals surface area contributed by atoms with Crippen LogP contribution in [0.5, 0.6) is 0 Å². The zero-order chi connectivity index (χ0) is 16.8. The van der Waals surface area contributed by atoms with E-state index in [4.69, 9.17) is 0 Å². The first-order valence-electron chi connectivity index (χ1n) is 7.22. The Balaban J connectivity index is 1.80. The number of anilines is 1. The Morgan fingerprint density at radius 1 is 1.39 bits per heavy atom. The fourth-order valence-corrected chi connectivity index (χ4v) is 3.80. The van der Waals surface area contributed by atoms with Crippen molar-refractivity contribution < 1.29 is 13.6 Å². The third-order valence-electron chi connectivity index (χ3n) is 3.98. The van der Waals surface area contributed by atoms with E-state index in [1.165, 1.54) is 23.7 Å². The SMILES string of the molecule is CC1CC1C(=O)Nc1snc(-c2ccc(C(C)(F)F)cc2)c1Br. The zero-order valence-corrected chi connectivity index (χ0v) is 15.0. The highest BCUT2D eigenvalue weighted by Gasteiger charge is 2.39. The van der Waals surface area contributed by atoms with Crippen LogP contribution in [0.25, 0.3) is 11.3 Å². The van der Waals surface area contributed by atoms with Crippen LogP contribution in [0.2, 0.25) is 0 Å². The quantitative estimate of drug-likeness (QED) is 0.758. The molecular weight excluding hydrogens is 386 g/mol. The molecular formula is C16H15BrF2N2OS. The number of nitrogens with zero attached hydrogens (tertiary/aromatic N) is 1. The van der Waals surface area contributed by atoms with Crippen molar-refractivity contribution >= 4 is 38.4 Å². The second-order valence-corrected chi connectivity index (χ2v) is 7.52. The summed E-state index contributed by atoms with van der Waals surface area (Å²) >= 11 is 4.62. The molecule has 1 aromatic carbocycles. The van der Waals surface area contributed by atoms with Crippen molar-refractivity contribution in [2.45, 2.75) is 26.2 Å². The van der Waals surface area contributed by atoms with Gasteiger partial charge in [0.2, 0.25) is 5.91 Å². The molecule has 1 aliphatic rings. The average molecular weight is 401 g/mol. The Hall–Kier alpha value is -1.34. The number of nitrogens with one attached hydrogen (secondary N) is 1. The third kappa shape index (κ3) is 3.45. The monoisotopic (exact) mass is 400 g/mol. The predicted octanol–water partition coefficient (Wildman–Crippen LogP) is 5.28. The number of aromatic nitrogens is 1. The lowest BCUT2D eigenvalue weighted by molar-refractivity contribution is -0.117. The molecule has 0 aliphatic heterocycles. The number of hydrogen-bond donors (Lipinski definition) is 1. The molecule has 1 N–H and O–H groups in total. The van der Waals surface area contributed by atoms with Crippen molar-refractivity contribution in [1.29, 1.82) is 0 Å². The summed E-state index contributed by atoms with van der Waals surface area (Å²) in [6.07, 6.45) is 0.918. The normalized spacial score (nSPS) is 20.4. The van der Waals surface area contributed by atoms with Crippen LogP contribution in [0.4, 0.5) is 13.8 Å². The van der Waals surface area contributed by atoms with Gasteiger partial charge in [-0.05, 0) is 39.8 Å². The molecule has 1 aliphatic carbocycles. The van der Waals surface area contributed by atoms with Crippen LogP contribution in [-0.2, 0) is 10.7 Å². The maximum absolute atomic E-state index is 13.3. The van der Waals surface area contributed by atoms with Gasteiger partial charge in [0.1, 0.15) is 10.7 Å².